The number of fused-ring (bicyclic) bond motifs is 3. The lowest BCUT2D eigenvalue weighted by molar-refractivity contribution is -0.118. The molecule has 1 aromatic carbocycles. The summed E-state index contributed by atoms with van der Waals surface area (Å²) in [4.78, 5) is 12.1. The molecule has 18 heavy (non-hydrogen) atoms. The molecule has 1 saturated carbocycles. The van der Waals surface area contributed by atoms with Crippen molar-refractivity contribution in [3.05, 3.63) is 40.5 Å². The molecule has 1 spiro atoms. The predicted octanol–water partition coefficient (Wildman–Crippen LogP) is 3.61. The zero-order chi connectivity index (χ0) is 12.5. The molecule has 2 bridgehead atoms. The summed E-state index contributed by atoms with van der Waals surface area (Å²) in [6, 6.07) is 4.65. The fraction of sp³-hybridized carbons (Fsp3) is 0.471. The summed E-state index contributed by atoms with van der Waals surface area (Å²) in [5, 5.41) is 0. The predicted molar refractivity (Wildman–Crippen MR) is 72.4 cm³/mol. The molecule has 4 rings (SSSR count). The minimum Gasteiger partial charge on any atom is -0.295 e. The molecular formula is C17H18O. The van der Waals surface area contributed by atoms with Gasteiger partial charge in [0.2, 0.25) is 0 Å². The molecule has 0 radical (unpaired) electrons. The maximum atomic E-state index is 12.1. The second kappa shape index (κ2) is 3.14. The van der Waals surface area contributed by atoms with Crippen LogP contribution in [0.25, 0.3) is 5.57 Å². The van der Waals surface area contributed by atoms with E-state index in [4.69, 9.17) is 0 Å². The van der Waals surface area contributed by atoms with Crippen LogP contribution in [0.3, 0.4) is 0 Å². The number of hydrogen-bond donors (Lipinski definition) is 0. The third-order valence-electron chi connectivity index (χ3n) is 5.41. The minimum atomic E-state index is 0.321. The number of aryl methyl sites for hydroxylation is 2. The van der Waals surface area contributed by atoms with Gasteiger partial charge in [0.1, 0.15) is 0 Å². The average Bonchev–Trinajstić information content (AvgIpc) is 2.83. The second-order valence-electron chi connectivity index (χ2n) is 6.45. The lowest BCUT2D eigenvalue weighted by atomic mass is 9.74. The van der Waals surface area contributed by atoms with Crippen molar-refractivity contribution < 1.29 is 4.79 Å². The van der Waals surface area contributed by atoms with Crippen molar-refractivity contribution >= 4 is 11.4 Å². The Kier molecular flexibility index (Phi) is 1.84. The summed E-state index contributed by atoms with van der Waals surface area (Å²) in [7, 11) is 0. The molecule has 0 saturated heterocycles. The van der Waals surface area contributed by atoms with Crippen LogP contribution in [0.4, 0.5) is 0 Å². The van der Waals surface area contributed by atoms with E-state index in [1.165, 1.54) is 40.7 Å². The molecule has 0 N–H and O–H groups in total. The Morgan fingerprint density at radius 3 is 2.83 bits per heavy atom. The summed E-state index contributed by atoms with van der Waals surface area (Å²) < 4.78 is 0. The van der Waals surface area contributed by atoms with E-state index in [0.717, 1.165) is 12.8 Å². The van der Waals surface area contributed by atoms with E-state index < -0.39 is 0 Å². The molecule has 2 atom stereocenters. The van der Waals surface area contributed by atoms with Crippen LogP contribution >= 0.6 is 0 Å². The standard InChI is InChI=1S/C17H18O/c1-10-5-13-9-17-4-3-12(8-17)16(18)7-15(17)14(13)6-11(10)2/h5-7,12H,3-4,8-9H2,1-2H3. The smallest absolute Gasteiger partial charge is 0.159 e. The zero-order valence-electron chi connectivity index (χ0n) is 11.0. The van der Waals surface area contributed by atoms with E-state index in [1.807, 2.05) is 6.08 Å². The van der Waals surface area contributed by atoms with Crippen LogP contribution in [0.15, 0.2) is 18.2 Å². The summed E-state index contributed by atoms with van der Waals surface area (Å²) >= 11 is 0. The molecule has 1 aromatic rings. The normalized spacial score (nSPS) is 32.2. The summed E-state index contributed by atoms with van der Waals surface area (Å²) in [6.45, 7) is 4.36. The van der Waals surface area contributed by atoms with E-state index >= 15 is 0 Å². The maximum Gasteiger partial charge on any atom is 0.159 e. The van der Waals surface area contributed by atoms with Gasteiger partial charge in [0.25, 0.3) is 0 Å². The summed E-state index contributed by atoms with van der Waals surface area (Å²) in [5.74, 6) is 0.703. The highest BCUT2D eigenvalue weighted by atomic mass is 16.1. The topological polar surface area (TPSA) is 17.1 Å². The number of benzene rings is 1. The number of hydrogen-bond acceptors (Lipinski definition) is 1. The lowest BCUT2D eigenvalue weighted by Crippen LogP contribution is -2.23. The average molecular weight is 238 g/mol. The molecular weight excluding hydrogens is 220 g/mol. The van der Waals surface area contributed by atoms with Gasteiger partial charge in [-0.05, 0) is 73.4 Å². The van der Waals surface area contributed by atoms with E-state index in [1.54, 1.807) is 0 Å². The minimum absolute atomic E-state index is 0.321. The highest BCUT2D eigenvalue weighted by molar-refractivity contribution is 6.03. The van der Waals surface area contributed by atoms with Crippen LogP contribution in [0.5, 0.6) is 0 Å². The first-order chi connectivity index (χ1) is 8.59. The van der Waals surface area contributed by atoms with E-state index in [2.05, 4.69) is 26.0 Å². The van der Waals surface area contributed by atoms with Gasteiger partial charge in [-0.2, -0.15) is 0 Å². The number of ketones is 1. The Bertz CT molecular complexity index is 608. The van der Waals surface area contributed by atoms with Crippen LogP contribution < -0.4 is 0 Å². The van der Waals surface area contributed by atoms with Gasteiger partial charge in [0.15, 0.2) is 5.78 Å². The highest BCUT2D eigenvalue weighted by Crippen LogP contribution is 2.60. The highest BCUT2D eigenvalue weighted by Gasteiger charge is 2.51. The molecule has 0 heterocycles. The molecule has 3 aliphatic carbocycles. The van der Waals surface area contributed by atoms with Crippen molar-refractivity contribution in [2.24, 2.45) is 11.3 Å². The first kappa shape index (κ1) is 10.5. The fourth-order valence-corrected chi connectivity index (χ4v) is 4.28. The molecule has 1 nitrogen and oxygen atoms in total. The fourth-order valence-electron chi connectivity index (χ4n) is 4.28. The Morgan fingerprint density at radius 1 is 1.22 bits per heavy atom. The Balaban J connectivity index is 1.96. The Labute approximate surface area is 108 Å². The van der Waals surface area contributed by atoms with Gasteiger partial charge in [0, 0.05) is 11.3 Å². The molecule has 0 aromatic heterocycles. The van der Waals surface area contributed by atoms with Gasteiger partial charge >= 0.3 is 0 Å². The van der Waals surface area contributed by atoms with Gasteiger partial charge in [-0.25, -0.2) is 0 Å². The molecule has 2 unspecified atom stereocenters. The molecule has 1 fully saturated rings. The maximum absolute atomic E-state index is 12.1. The Morgan fingerprint density at radius 2 is 2.00 bits per heavy atom. The van der Waals surface area contributed by atoms with Crippen LogP contribution in [-0.2, 0) is 11.2 Å². The van der Waals surface area contributed by atoms with E-state index in [0.29, 0.717) is 17.1 Å². The van der Waals surface area contributed by atoms with Gasteiger partial charge in [-0.15, -0.1) is 0 Å². The third kappa shape index (κ3) is 1.15. The summed E-state index contributed by atoms with van der Waals surface area (Å²) in [5.41, 5.74) is 7.25. The first-order valence-electron chi connectivity index (χ1n) is 6.96. The van der Waals surface area contributed by atoms with Crippen LogP contribution in [0, 0.1) is 25.2 Å². The zero-order valence-corrected chi connectivity index (χ0v) is 11.0. The van der Waals surface area contributed by atoms with Crippen molar-refractivity contribution in [3.63, 3.8) is 0 Å². The van der Waals surface area contributed by atoms with E-state index in [9.17, 15) is 4.79 Å². The molecule has 3 aliphatic rings. The summed E-state index contributed by atoms with van der Waals surface area (Å²) in [6.07, 6.45) is 6.55. The number of carbonyl (C=O) groups is 1. The lowest BCUT2D eigenvalue weighted by Gasteiger charge is -2.28. The van der Waals surface area contributed by atoms with Crippen molar-refractivity contribution in [3.8, 4) is 0 Å². The van der Waals surface area contributed by atoms with Gasteiger partial charge in [0.05, 0.1) is 0 Å². The van der Waals surface area contributed by atoms with Crippen LogP contribution in [0.2, 0.25) is 0 Å². The number of allylic oxidation sites excluding steroid dienone is 2. The third-order valence-corrected chi connectivity index (χ3v) is 5.41. The SMILES string of the molecule is Cc1cc2c(cc1C)C1=CC(=O)C3CCC1(C2)C3. The van der Waals surface area contributed by atoms with Crippen LogP contribution in [-0.4, -0.2) is 5.78 Å². The van der Waals surface area contributed by atoms with Gasteiger partial charge in [-0.1, -0.05) is 12.1 Å². The Hall–Kier alpha value is -1.37. The van der Waals surface area contributed by atoms with Crippen molar-refractivity contribution in [1.29, 1.82) is 0 Å². The van der Waals surface area contributed by atoms with Crippen molar-refractivity contribution in [1.82, 2.24) is 0 Å². The molecule has 92 valence electrons. The molecule has 0 aliphatic heterocycles. The van der Waals surface area contributed by atoms with Crippen molar-refractivity contribution in [2.45, 2.75) is 39.5 Å². The first-order valence-corrected chi connectivity index (χ1v) is 6.96. The number of rotatable bonds is 0. The molecule has 0 amide bonds. The van der Waals surface area contributed by atoms with E-state index in [-0.39, 0.29) is 0 Å². The van der Waals surface area contributed by atoms with Gasteiger partial charge in [-0.3, -0.25) is 4.79 Å². The monoisotopic (exact) mass is 238 g/mol. The second-order valence-corrected chi connectivity index (χ2v) is 6.45. The van der Waals surface area contributed by atoms with Gasteiger partial charge < -0.3 is 0 Å². The molecule has 1 heteroatoms. The van der Waals surface area contributed by atoms with Crippen molar-refractivity contribution in [2.75, 3.05) is 0 Å². The quantitative estimate of drug-likeness (QED) is 0.674. The largest absolute Gasteiger partial charge is 0.295 e. The van der Waals surface area contributed by atoms with Crippen LogP contribution in [0.1, 0.15) is 41.5 Å². The number of carbonyl (C=O) groups excluding carboxylic acids is 1.